The van der Waals surface area contributed by atoms with Crippen LogP contribution in [0.1, 0.15) is 22.3 Å². The SMILES string of the molecule is Clc1cccc(Oc2cccc(Cl)c2CCc2ccccc2)c1CCc1ccccc1. The van der Waals surface area contributed by atoms with Gasteiger partial charge in [0.05, 0.1) is 0 Å². The summed E-state index contributed by atoms with van der Waals surface area (Å²) in [6.45, 7) is 0. The van der Waals surface area contributed by atoms with Crippen molar-refractivity contribution in [3.63, 3.8) is 0 Å². The van der Waals surface area contributed by atoms with E-state index in [-0.39, 0.29) is 0 Å². The molecule has 0 amide bonds. The summed E-state index contributed by atoms with van der Waals surface area (Å²) in [5.41, 5.74) is 4.59. The van der Waals surface area contributed by atoms with E-state index in [4.69, 9.17) is 27.9 Å². The number of aryl methyl sites for hydroxylation is 2. The average Bonchev–Trinajstić information content (AvgIpc) is 2.80. The lowest BCUT2D eigenvalue weighted by Crippen LogP contribution is -2.00. The molecule has 4 aromatic carbocycles. The first-order valence-corrected chi connectivity index (χ1v) is 11.3. The van der Waals surface area contributed by atoms with E-state index in [1.807, 2.05) is 48.5 Å². The van der Waals surface area contributed by atoms with Crippen molar-refractivity contribution in [2.75, 3.05) is 0 Å². The average molecular weight is 447 g/mol. The molecule has 1 nitrogen and oxygen atoms in total. The number of rotatable bonds is 8. The Labute approximate surface area is 194 Å². The van der Waals surface area contributed by atoms with E-state index in [1.165, 1.54) is 11.1 Å². The standard InChI is InChI=1S/C28H24Cl2O/c29-25-13-7-15-27(23(25)19-17-21-9-3-1-4-10-21)31-28-16-8-14-26(30)24(28)20-18-22-11-5-2-6-12-22/h1-16H,17-20H2. The maximum absolute atomic E-state index is 6.57. The maximum atomic E-state index is 6.57. The van der Waals surface area contributed by atoms with Crippen molar-refractivity contribution < 1.29 is 4.74 Å². The monoisotopic (exact) mass is 446 g/mol. The van der Waals surface area contributed by atoms with Crippen LogP contribution in [-0.2, 0) is 25.7 Å². The third-order valence-electron chi connectivity index (χ3n) is 5.38. The second-order valence-corrected chi connectivity index (χ2v) is 8.32. The van der Waals surface area contributed by atoms with Gasteiger partial charge >= 0.3 is 0 Å². The largest absolute Gasteiger partial charge is 0.457 e. The Morgan fingerprint density at radius 3 is 1.29 bits per heavy atom. The Bertz CT molecular complexity index is 1030. The van der Waals surface area contributed by atoms with Crippen LogP contribution in [0, 0.1) is 0 Å². The highest BCUT2D eigenvalue weighted by molar-refractivity contribution is 6.32. The molecule has 3 heteroatoms. The molecule has 0 spiro atoms. The molecule has 4 rings (SSSR count). The minimum absolute atomic E-state index is 0.723. The van der Waals surface area contributed by atoms with Crippen molar-refractivity contribution in [3.05, 3.63) is 129 Å². The molecule has 0 heterocycles. The van der Waals surface area contributed by atoms with Gasteiger partial charge < -0.3 is 4.74 Å². The molecule has 156 valence electrons. The molecular weight excluding hydrogens is 423 g/mol. The van der Waals surface area contributed by atoms with Gasteiger partial charge in [-0.05, 0) is 61.1 Å². The molecule has 0 fully saturated rings. The summed E-state index contributed by atoms with van der Waals surface area (Å²) in [6, 6.07) is 32.5. The predicted molar refractivity (Wildman–Crippen MR) is 131 cm³/mol. The van der Waals surface area contributed by atoms with E-state index in [0.29, 0.717) is 0 Å². The zero-order chi connectivity index (χ0) is 21.5. The van der Waals surface area contributed by atoms with Gasteiger partial charge in [-0.1, -0.05) is 96.0 Å². The van der Waals surface area contributed by atoms with Gasteiger partial charge in [0, 0.05) is 21.2 Å². The number of benzene rings is 4. The van der Waals surface area contributed by atoms with Crippen molar-refractivity contribution in [1.29, 1.82) is 0 Å². The first-order chi connectivity index (χ1) is 15.2. The molecule has 0 saturated heterocycles. The van der Waals surface area contributed by atoms with E-state index in [2.05, 4.69) is 48.5 Å². The van der Waals surface area contributed by atoms with E-state index in [1.54, 1.807) is 0 Å². The van der Waals surface area contributed by atoms with Crippen LogP contribution in [0.25, 0.3) is 0 Å². The Morgan fingerprint density at radius 1 is 0.452 bits per heavy atom. The topological polar surface area (TPSA) is 9.23 Å². The third kappa shape index (κ3) is 5.70. The summed E-state index contributed by atoms with van der Waals surface area (Å²) in [5.74, 6) is 1.57. The molecule has 0 aliphatic heterocycles. The van der Waals surface area contributed by atoms with Gasteiger partial charge in [-0.25, -0.2) is 0 Å². The van der Waals surface area contributed by atoms with Crippen LogP contribution in [0.15, 0.2) is 97.1 Å². The first-order valence-electron chi connectivity index (χ1n) is 10.5. The Morgan fingerprint density at radius 2 is 0.871 bits per heavy atom. The van der Waals surface area contributed by atoms with Crippen molar-refractivity contribution in [2.45, 2.75) is 25.7 Å². The Hall–Kier alpha value is -2.74. The third-order valence-corrected chi connectivity index (χ3v) is 6.09. The zero-order valence-electron chi connectivity index (χ0n) is 17.2. The number of ether oxygens (including phenoxy) is 1. The maximum Gasteiger partial charge on any atom is 0.132 e. The molecule has 0 aliphatic rings. The van der Waals surface area contributed by atoms with Crippen LogP contribution in [-0.4, -0.2) is 0 Å². The van der Waals surface area contributed by atoms with Crippen LogP contribution in [0.5, 0.6) is 11.5 Å². The van der Waals surface area contributed by atoms with Crippen LogP contribution in [0.2, 0.25) is 10.0 Å². The minimum Gasteiger partial charge on any atom is -0.457 e. The van der Waals surface area contributed by atoms with E-state index in [0.717, 1.165) is 58.4 Å². The molecule has 4 aromatic rings. The summed E-state index contributed by atoms with van der Waals surface area (Å²) in [6.07, 6.45) is 3.41. The van der Waals surface area contributed by atoms with Gasteiger partial charge in [0.25, 0.3) is 0 Å². The highest BCUT2D eigenvalue weighted by Gasteiger charge is 2.14. The molecular formula is C28H24Cl2O. The second kappa shape index (κ2) is 10.5. The summed E-state index contributed by atoms with van der Waals surface area (Å²) < 4.78 is 6.41. The lowest BCUT2D eigenvalue weighted by atomic mass is 10.0. The van der Waals surface area contributed by atoms with Crippen molar-refractivity contribution in [3.8, 4) is 11.5 Å². The molecule has 0 atom stereocenters. The molecule has 0 N–H and O–H groups in total. The molecule has 0 aromatic heterocycles. The van der Waals surface area contributed by atoms with Crippen LogP contribution in [0.3, 0.4) is 0 Å². The normalized spacial score (nSPS) is 10.8. The number of hydrogen-bond donors (Lipinski definition) is 0. The quantitative estimate of drug-likeness (QED) is 0.264. The summed E-state index contributed by atoms with van der Waals surface area (Å²) in [5, 5.41) is 1.45. The molecule has 0 aliphatic carbocycles. The highest BCUT2D eigenvalue weighted by atomic mass is 35.5. The van der Waals surface area contributed by atoms with Crippen LogP contribution < -0.4 is 4.74 Å². The second-order valence-electron chi connectivity index (χ2n) is 7.51. The van der Waals surface area contributed by atoms with Gasteiger partial charge in [-0.3, -0.25) is 0 Å². The minimum atomic E-state index is 0.723. The van der Waals surface area contributed by atoms with Crippen molar-refractivity contribution in [1.82, 2.24) is 0 Å². The summed E-state index contributed by atoms with van der Waals surface area (Å²) in [7, 11) is 0. The highest BCUT2D eigenvalue weighted by Crippen LogP contribution is 2.35. The molecule has 0 bridgehead atoms. The fraction of sp³-hybridized carbons (Fsp3) is 0.143. The zero-order valence-corrected chi connectivity index (χ0v) is 18.7. The van der Waals surface area contributed by atoms with E-state index < -0.39 is 0 Å². The molecule has 0 saturated carbocycles. The van der Waals surface area contributed by atoms with Crippen molar-refractivity contribution >= 4 is 23.2 Å². The molecule has 0 unspecified atom stereocenters. The number of hydrogen-bond acceptors (Lipinski definition) is 1. The smallest absolute Gasteiger partial charge is 0.132 e. The summed E-state index contributed by atoms with van der Waals surface area (Å²) in [4.78, 5) is 0. The van der Waals surface area contributed by atoms with Crippen LogP contribution >= 0.6 is 23.2 Å². The summed E-state index contributed by atoms with van der Waals surface area (Å²) >= 11 is 13.1. The van der Waals surface area contributed by atoms with Gasteiger partial charge in [0.15, 0.2) is 0 Å². The fourth-order valence-corrected chi connectivity index (χ4v) is 4.22. The number of halogens is 2. The predicted octanol–water partition coefficient (Wildman–Crippen LogP) is 8.36. The van der Waals surface area contributed by atoms with Gasteiger partial charge in [0.2, 0.25) is 0 Å². The van der Waals surface area contributed by atoms with Crippen LogP contribution in [0.4, 0.5) is 0 Å². The van der Waals surface area contributed by atoms with Gasteiger partial charge in [0.1, 0.15) is 11.5 Å². The van der Waals surface area contributed by atoms with Gasteiger partial charge in [-0.2, -0.15) is 0 Å². The Kier molecular flexibility index (Phi) is 7.30. The van der Waals surface area contributed by atoms with Crippen molar-refractivity contribution in [2.24, 2.45) is 0 Å². The van der Waals surface area contributed by atoms with E-state index >= 15 is 0 Å². The lowest BCUT2D eigenvalue weighted by molar-refractivity contribution is 0.469. The molecule has 31 heavy (non-hydrogen) atoms. The van der Waals surface area contributed by atoms with E-state index in [9.17, 15) is 0 Å². The fourth-order valence-electron chi connectivity index (χ4n) is 3.70. The Balaban J connectivity index is 1.56. The lowest BCUT2D eigenvalue weighted by Gasteiger charge is -2.16. The van der Waals surface area contributed by atoms with Gasteiger partial charge in [-0.15, -0.1) is 0 Å². The first kappa shape index (κ1) is 21.5. The molecule has 0 radical (unpaired) electrons.